The number of halogens is 2. The molecule has 1 aliphatic heterocycles. The van der Waals surface area contributed by atoms with Crippen LogP contribution >= 0.6 is 34.7 Å². The number of thioether (sulfide) groups is 1. The Morgan fingerprint density at radius 3 is 2.68 bits per heavy atom. The summed E-state index contributed by atoms with van der Waals surface area (Å²) in [6.45, 7) is 3.67. The topological polar surface area (TPSA) is 75.9 Å². The van der Waals surface area contributed by atoms with Gasteiger partial charge in [-0.1, -0.05) is 54.0 Å². The lowest BCUT2D eigenvalue weighted by molar-refractivity contribution is 0.0942. The van der Waals surface area contributed by atoms with Crippen molar-refractivity contribution in [2.75, 3.05) is 26.2 Å². The van der Waals surface area contributed by atoms with Crippen molar-refractivity contribution in [1.82, 2.24) is 30.0 Å². The molecule has 0 unspecified atom stereocenters. The predicted molar refractivity (Wildman–Crippen MR) is 146 cm³/mol. The molecule has 0 aliphatic carbocycles. The van der Waals surface area contributed by atoms with Crippen LogP contribution in [-0.4, -0.2) is 56.7 Å². The van der Waals surface area contributed by atoms with Crippen molar-refractivity contribution in [2.24, 2.45) is 0 Å². The van der Waals surface area contributed by atoms with Gasteiger partial charge < -0.3 is 10.2 Å². The quantitative estimate of drug-likeness (QED) is 0.267. The van der Waals surface area contributed by atoms with Crippen molar-refractivity contribution < 1.29 is 9.18 Å². The molecule has 3 heterocycles. The number of amides is 1. The third kappa shape index (κ3) is 6.20. The average molecular weight is 557 g/mol. The largest absolute Gasteiger partial charge is 0.349 e. The van der Waals surface area contributed by atoms with Gasteiger partial charge in [-0.3, -0.25) is 9.36 Å². The molecule has 1 saturated heterocycles. The Morgan fingerprint density at radius 1 is 1.08 bits per heavy atom. The smallest absolute Gasteiger partial charge is 0.270 e. The van der Waals surface area contributed by atoms with E-state index in [0.717, 1.165) is 24.6 Å². The standard InChI is InChI=1S/C26H26ClFN6OS2/c27-19-9-3-2-8-18(19)24-31-32-26(34(24)22-11-5-4-10-20(22)28)37-17-23-30-21(16-36-23)25(35)29-12-15-33-13-6-1-7-14-33/h2-5,8-11,16H,1,6-7,12-15,17H2,(H,29,35). The SMILES string of the molecule is O=C(NCCN1CCCCC1)c1csc(CSc2nnc(-c3ccccc3Cl)n2-c2ccccc2F)n1. The van der Waals surface area contributed by atoms with Gasteiger partial charge in [-0.05, 0) is 50.2 Å². The van der Waals surface area contributed by atoms with Crippen LogP contribution in [-0.2, 0) is 5.75 Å². The first-order chi connectivity index (χ1) is 18.1. The van der Waals surface area contributed by atoms with Crippen LogP contribution in [0.4, 0.5) is 4.39 Å². The zero-order chi connectivity index (χ0) is 25.6. The highest BCUT2D eigenvalue weighted by molar-refractivity contribution is 7.98. The monoisotopic (exact) mass is 556 g/mol. The van der Waals surface area contributed by atoms with Gasteiger partial charge in [0.25, 0.3) is 5.91 Å². The Bertz CT molecular complexity index is 1370. The lowest BCUT2D eigenvalue weighted by Crippen LogP contribution is -2.37. The second-order valence-corrected chi connectivity index (χ2v) is 10.9. The summed E-state index contributed by atoms with van der Waals surface area (Å²) in [6.07, 6.45) is 3.75. The van der Waals surface area contributed by atoms with Crippen LogP contribution in [0.3, 0.4) is 0 Å². The molecule has 0 radical (unpaired) electrons. The molecule has 0 spiro atoms. The van der Waals surface area contributed by atoms with Gasteiger partial charge in [-0.15, -0.1) is 21.5 Å². The van der Waals surface area contributed by atoms with E-state index in [4.69, 9.17) is 11.6 Å². The van der Waals surface area contributed by atoms with E-state index in [1.165, 1.54) is 48.4 Å². The maximum atomic E-state index is 14.8. The summed E-state index contributed by atoms with van der Waals surface area (Å²) < 4.78 is 16.5. The number of carbonyl (C=O) groups is 1. The number of para-hydroxylation sites is 1. The van der Waals surface area contributed by atoms with E-state index in [2.05, 4.69) is 25.4 Å². The first-order valence-corrected chi connectivity index (χ1v) is 14.4. The number of carbonyl (C=O) groups excluding carboxylic acids is 1. The van der Waals surface area contributed by atoms with Crippen LogP contribution in [0.25, 0.3) is 17.1 Å². The number of nitrogens with zero attached hydrogens (tertiary/aromatic N) is 5. The Kier molecular flexibility index (Phi) is 8.50. The van der Waals surface area contributed by atoms with Crippen LogP contribution in [0.5, 0.6) is 0 Å². The molecule has 7 nitrogen and oxygen atoms in total. The summed E-state index contributed by atoms with van der Waals surface area (Å²) in [6, 6.07) is 13.8. The van der Waals surface area contributed by atoms with E-state index >= 15 is 0 Å². The maximum Gasteiger partial charge on any atom is 0.270 e. The zero-order valence-corrected chi connectivity index (χ0v) is 22.5. The van der Waals surface area contributed by atoms with Gasteiger partial charge >= 0.3 is 0 Å². The first kappa shape index (κ1) is 25.8. The van der Waals surface area contributed by atoms with Gasteiger partial charge in [-0.2, -0.15) is 0 Å². The number of rotatable bonds is 9. The molecule has 2 aromatic heterocycles. The lowest BCUT2D eigenvalue weighted by Gasteiger charge is -2.26. The predicted octanol–water partition coefficient (Wildman–Crippen LogP) is 5.69. The van der Waals surface area contributed by atoms with Crippen LogP contribution in [0.15, 0.2) is 59.1 Å². The fourth-order valence-electron chi connectivity index (χ4n) is 4.24. The highest BCUT2D eigenvalue weighted by atomic mass is 35.5. The Morgan fingerprint density at radius 2 is 1.86 bits per heavy atom. The van der Waals surface area contributed by atoms with Crippen molar-refractivity contribution in [2.45, 2.75) is 30.2 Å². The molecule has 1 amide bonds. The number of benzene rings is 2. The highest BCUT2D eigenvalue weighted by Gasteiger charge is 2.21. The number of piperidine rings is 1. The number of hydrogen-bond acceptors (Lipinski definition) is 7. The third-order valence-corrected chi connectivity index (χ3v) is 8.41. The summed E-state index contributed by atoms with van der Waals surface area (Å²) in [5, 5.41) is 15.2. The number of hydrogen-bond donors (Lipinski definition) is 1. The number of aromatic nitrogens is 4. The van der Waals surface area contributed by atoms with Crippen molar-refractivity contribution in [3.63, 3.8) is 0 Å². The molecule has 4 aromatic rings. The molecule has 1 fully saturated rings. The van der Waals surface area contributed by atoms with Gasteiger partial charge in [0.05, 0.1) is 16.5 Å². The van der Waals surface area contributed by atoms with Gasteiger partial charge in [0.1, 0.15) is 16.5 Å². The molecule has 0 atom stereocenters. The Hall–Kier alpha value is -2.79. The molecule has 11 heteroatoms. The van der Waals surface area contributed by atoms with E-state index in [9.17, 15) is 9.18 Å². The van der Waals surface area contributed by atoms with Crippen LogP contribution in [0, 0.1) is 5.82 Å². The van der Waals surface area contributed by atoms with Crippen molar-refractivity contribution in [1.29, 1.82) is 0 Å². The minimum Gasteiger partial charge on any atom is -0.349 e. The Balaban J connectivity index is 1.29. The molecule has 1 aliphatic rings. The van der Waals surface area contributed by atoms with Crippen LogP contribution in [0.2, 0.25) is 5.02 Å². The molecule has 5 rings (SSSR count). The van der Waals surface area contributed by atoms with Gasteiger partial charge in [0.15, 0.2) is 11.0 Å². The zero-order valence-electron chi connectivity index (χ0n) is 20.1. The number of thiazole rings is 1. The molecular formula is C26H26ClFN6OS2. The van der Waals surface area contributed by atoms with E-state index in [1.54, 1.807) is 34.2 Å². The fraction of sp³-hybridized carbons (Fsp3) is 0.308. The highest BCUT2D eigenvalue weighted by Crippen LogP contribution is 2.34. The lowest BCUT2D eigenvalue weighted by atomic mass is 10.1. The second kappa shape index (κ2) is 12.2. The summed E-state index contributed by atoms with van der Waals surface area (Å²) in [4.78, 5) is 19.5. The minimum atomic E-state index is -0.393. The summed E-state index contributed by atoms with van der Waals surface area (Å²) in [5.74, 6) is 0.349. The summed E-state index contributed by atoms with van der Waals surface area (Å²) >= 11 is 9.21. The Labute approximate surface area is 228 Å². The van der Waals surface area contributed by atoms with E-state index < -0.39 is 5.82 Å². The molecule has 192 valence electrons. The average Bonchev–Trinajstić information content (AvgIpc) is 3.56. The van der Waals surface area contributed by atoms with Crippen molar-refractivity contribution >= 4 is 40.6 Å². The summed E-state index contributed by atoms with van der Waals surface area (Å²) in [5.41, 5.74) is 1.40. The molecule has 0 saturated carbocycles. The first-order valence-electron chi connectivity index (χ1n) is 12.1. The fourth-order valence-corrected chi connectivity index (χ4v) is 6.20. The minimum absolute atomic E-state index is 0.167. The number of nitrogens with one attached hydrogen (secondary N) is 1. The third-order valence-electron chi connectivity index (χ3n) is 6.11. The molecule has 2 aromatic carbocycles. The van der Waals surface area contributed by atoms with Crippen LogP contribution in [0.1, 0.15) is 34.8 Å². The van der Waals surface area contributed by atoms with Gasteiger partial charge in [0, 0.05) is 24.0 Å². The van der Waals surface area contributed by atoms with Crippen LogP contribution < -0.4 is 5.32 Å². The van der Waals surface area contributed by atoms with Crippen molar-refractivity contribution in [3.05, 3.63) is 75.5 Å². The molecule has 0 bridgehead atoms. The maximum absolute atomic E-state index is 14.8. The van der Waals surface area contributed by atoms with E-state index in [0.29, 0.717) is 45.2 Å². The molecule has 1 N–H and O–H groups in total. The van der Waals surface area contributed by atoms with Crippen molar-refractivity contribution in [3.8, 4) is 17.1 Å². The normalized spacial score (nSPS) is 14.1. The second-order valence-electron chi connectivity index (χ2n) is 8.65. The van der Waals surface area contributed by atoms with Gasteiger partial charge in [0.2, 0.25) is 0 Å². The number of likely N-dealkylation sites (tertiary alicyclic amines) is 1. The summed E-state index contributed by atoms with van der Waals surface area (Å²) in [7, 11) is 0. The molecule has 37 heavy (non-hydrogen) atoms. The van der Waals surface area contributed by atoms with Gasteiger partial charge in [-0.25, -0.2) is 9.37 Å². The van der Waals surface area contributed by atoms with E-state index in [1.807, 2.05) is 18.2 Å². The molecular weight excluding hydrogens is 531 g/mol. The van der Waals surface area contributed by atoms with E-state index in [-0.39, 0.29) is 5.91 Å².